The molecule has 0 bridgehead atoms. The van der Waals surface area contributed by atoms with Crippen molar-refractivity contribution in [1.82, 2.24) is 4.98 Å². The molecule has 0 saturated carbocycles. The van der Waals surface area contributed by atoms with Crippen molar-refractivity contribution in [2.75, 3.05) is 6.61 Å². The predicted molar refractivity (Wildman–Crippen MR) is 137 cm³/mol. The van der Waals surface area contributed by atoms with Crippen LogP contribution in [0, 0.1) is 5.92 Å². The van der Waals surface area contributed by atoms with Crippen molar-refractivity contribution >= 4 is 5.97 Å². The standard InChI is InChI=1S/C30H35NO4/c1-2-26(35-30(23-9-4-3-5-10-23)24-16-18-31-19-17-24)12-6-8-22-14-15-27-25(20-22)11-7-13-28(27)34-21-29(32)33/h3-5,7,9-11,13,16-19,22,26,30H,2,6,8,12,14-15,20-21H2,1H3,(H,32,33). The van der Waals surface area contributed by atoms with Gasteiger partial charge in [0.1, 0.15) is 11.9 Å². The number of pyridine rings is 1. The maximum absolute atomic E-state index is 10.9. The normalized spacial score (nSPS) is 16.8. The quantitative estimate of drug-likeness (QED) is 0.329. The van der Waals surface area contributed by atoms with Gasteiger partial charge in [0.2, 0.25) is 0 Å². The molecule has 0 spiro atoms. The van der Waals surface area contributed by atoms with Crippen LogP contribution in [0.3, 0.4) is 0 Å². The summed E-state index contributed by atoms with van der Waals surface area (Å²) >= 11 is 0. The highest BCUT2D eigenvalue weighted by Gasteiger charge is 2.23. The lowest BCUT2D eigenvalue weighted by molar-refractivity contribution is -0.139. The Morgan fingerprint density at radius 1 is 1.06 bits per heavy atom. The van der Waals surface area contributed by atoms with Gasteiger partial charge in [0.15, 0.2) is 6.61 Å². The Bertz CT molecular complexity index is 1030. The maximum atomic E-state index is 10.9. The van der Waals surface area contributed by atoms with Gasteiger partial charge in [0, 0.05) is 12.4 Å². The number of aromatic nitrogens is 1. The van der Waals surface area contributed by atoms with Crippen LogP contribution < -0.4 is 4.74 Å². The van der Waals surface area contributed by atoms with Crippen LogP contribution in [0.2, 0.25) is 0 Å². The average molecular weight is 474 g/mol. The summed E-state index contributed by atoms with van der Waals surface area (Å²) in [4.78, 5) is 15.1. The number of benzene rings is 2. The summed E-state index contributed by atoms with van der Waals surface area (Å²) in [5.41, 5.74) is 4.79. The number of carbonyl (C=O) groups is 1. The average Bonchev–Trinajstić information content (AvgIpc) is 2.90. The van der Waals surface area contributed by atoms with Crippen molar-refractivity contribution in [2.24, 2.45) is 5.92 Å². The van der Waals surface area contributed by atoms with Crippen molar-refractivity contribution in [3.05, 3.63) is 95.3 Å². The molecule has 1 aliphatic carbocycles. The molecular weight excluding hydrogens is 438 g/mol. The minimum Gasteiger partial charge on any atom is -0.482 e. The SMILES string of the molecule is CCC(CCCC1CCc2c(cccc2OCC(=O)O)C1)OC(c1ccccc1)c1ccncc1. The minimum absolute atomic E-state index is 0.0880. The Balaban J connectivity index is 1.33. The van der Waals surface area contributed by atoms with Crippen molar-refractivity contribution in [1.29, 1.82) is 0 Å². The highest BCUT2D eigenvalue weighted by atomic mass is 16.5. The van der Waals surface area contributed by atoms with E-state index >= 15 is 0 Å². The van der Waals surface area contributed by atoms with Gasteiger partial charge in [-0.25, -0.2) is 4.79 Å². The van der Waals surface area contributed by atoms with E-state index in [2.05, 4.69) is 42.2 Å². The molecule has 3 unspecified atom stereocenters. The Morgan fingerprint density at radius 2 is 1.83 bits per heavy atom. The number of hydrogen-bond acceptors (Lipinski definition) is 4. The number of carboxylic acids is 1. The van der Waals surface area contributed by atoms with Crippen LogP contribution in [-0.2, 0) is 22.4 Å². The lowest BCUT2D eigenvalue weighted by Gasteiger charge is -2.28. The van der Waals surface area contributed by atoms with Crippen molar-refractivity contribution in [3.8, 4) is 5.75 Å². The van der Waals surface area contributed by atoms with Crippen LogP contribution in [-0.4, -0.2) is 28.8 Å². The van der Waals surface area contributed by atoms with Crippen molar-refractivity contribution in [2.45, 2.75) is 64.1 Å². The summed E-state index contributed by atoms with van der Waals surface area (Å²) in [6.45, 7) is 1.91. The fraction of sp³-hybridized carbons (Fsp3) is 0.400. The molecule has 4 rings (SSSR count). The van der Waals surface area contributed by atoms with Gasteiger partial charge in [-0.1, -0.05) is 62.2 Å². The number of fused-ring (bicyclic) bond motifs is 1. The smallest absolute Gasteiger partial charge is 0.341 e. The van der Waals surface area contributed by atoms with Crippen molar-refractivity contribution < 1.29 is 19.4 Å². The number of hydrogen-bond donors (Lipinski definition) is 1. The Kier molecular flexibility index (Phi) is 8.90. The van der Waals surface area contributed by atoms with E-state index in [4.69, 9.17) is 14.6 Å². The number of rotatable bonds is 12. The third-order valence-electron chi connectivity index (χ3n) is 6.93. The van der Waals surface area contributed by atoms with E-state index in [0.717, 1.165) is 49.8 Å². The highest BCUT2D eigenvalue weighted by Crippen LogP contribution is 2.35. The first-order valence-corrected chi connectivity index (χ1v) is 12.7. The second-order valence-corrected chi connectivity index (χ2v) is 9.35. The summed E-state index contributed by atoms with van der Waals surface area (Å²) in [6, 6.07) is 20.5. The van der Waals surface area contributed by atoms with Gasteiger partial charge < -0.3 is 14.6 Å². The molecule has 0 aliphatic heterocycles. The first-order valence-electron chi connectivity index (χ1n) is 12.7. The van der Waals surface area contributed by atoms with E-state index < -0.39 is 5.97 Å². The third-order valence-corrected chi connectivity index (χ3v) is 6.93. The zero-order valence-corrected chi connectivity index (χ0v) is 20.4. The molecule has 1 N–H and O–H groups in total. The summed E-state index contributed by atoms with van der Waals surface area (Å²) in [6.07, 6.45) is 11.2. The number of aliphatic carboxylic acids is 1. The topological polar surface area (TPSA) is 68.7 Å². The molecular formula is C30H35NO4. The predicted octanol–water partition coefficient (Wildman–Crippen LogP) is 6.41. The molecule has 0 saturated heterocycles. The van der Waals surface area contributed by atoms with Crippen molar-refractivity contribution in [3.63, 3.8) is 0 Å². The largest absolute Gasteiger partial charge is 0.482 e. The zero-order chi connectivity index (χ0) is 24.5. The lowest BCUT2D eigenvalue weighted by Crippen LogP contribution is -2.19. The second-order valence-electron chi connectivity index (χ2n) is 9.35. The lowest BCUT2D eigenvalue weighted by atomic mass is 9.81. The number of carboxylic acid groups (broad SMARTS) is 1. The Morgan fingerprint density at radius 3 is 2.57 bits per heavy atom. The molecule has 0 amide bonds. The molecule has 2 aromatic carbocycles. The fourth-order valence-electron chi connectivity index (χ4n) is 5.08. The molecule has 1 aromatic heterocycles. The van der Waals surface area contributed by atoms with Crippen LogP contribution in [0.1, 0.15) is 67.4 Å². The van der Waals surface area contributed by atoms with Gasteiger partial charge in [0.25, 0.3) is 0 Å². The van der Waals surface area contributed by atoms with E-state index in [-0.39, 0.29) is 18.8 Å². The summed E-state index contributed by atoms with van der Waals surface area (Å²) < 4.78 is 12.2. The highest BCUT2D eigenvalue weighted by molar-refractivity contribution is 5.68. The van der Waals surface area contributed by atoms with Gasteiger partial charge in [0.05, 0.1) is 6.10 Å². The van der Waals surface area contributed by atoms with Gasteiger partial charge >= 0.3 is 5.97 Å². The van der Waals surface area contributed by atoms with Gasteiger partial charge in [-0.15, -0.1) is 0 Å². The molecule has 3 atom stereocenters. The number of nitrogens with zero attached hydrogens (tertiary/aromatic N) is 1. The molecule has 1 aliphatic rings. The van der Waals surface area contributed by atoms with Crippen LogP contribution in [0.5, 0.6) is 5.75 Å². The molecule has 0 fully saturated rings. The maximum Gasteiger partial charge on any atom is 0.341 e. The molecule has 5 heteroatoms. The van der Waals surface area contributed by atoms with Crippen LogP contribution in [0.15, 0.2) is 73.1 Å². The summed E-state index contributed by atoms with van der Waals surface area (Å²) in [5, 5.41) is 8.93. The second kappa shape index (κ2) is 12.5. The van der Waals surface area contributed by atoms with Crippen LogP contribution in [0.4, 0.5) is 0 Å². The molecule has 184 valence electrons. The van der Waals surface area contributed by atoms with E-state index in [1.807, 2.05) is 42.7 Å². The van der Waals surface area contributed by atoms with Crippen LogP contribution in [0.25, 0.3) is 0 Å². The van der Waals surface area contributed by atoms with Gasteiger partial charge in [-0.2, -0.15) is 0 Å². The molecule has 5 nitrogen and oxygen atoms in total. The van der Waals surface area contributed by atoms with Crippen LogP contribution >= 0.6 is 0 Å². The third kappa shape index (κ3) is 6.92. The summed E-state index contributed by atoms with van der Waals surface area (Å²) in [7, 11) is 0. The van der Waals surface area contributed by atoms with E-state index in [0.29, 0.717) is 5.92 Å². The monoisotopic (exact) mass is 473 g/mol. The van der Waals surface area contributed by atoms with Gasteiger partial charge in [-0.3, -0.25) is 4.98 Å². The Labute approximate surface area is 208 Å². The Hall–Kier alpha value is -3.18. The fourth-order valence-corrected chi connectivity index (χ4v) is 5.08. The molecule has 35 heavy (non-hydrogen) atoms. The van der Waals surface area contributed by atoms with E-state index in [1.54, 1.807) is 0 Å². The first-order chi connectivity index (χ1) is 17.1. The first kappa shape index (κ1) is 24.9. The van der Waals surface area contributed by atoms with E-state index in [1.165, 1.54) is 23.1 Å². The molecule has 1 heterocycles. The molecule has 3 aromatic rings. The summed E-state index contributed by atoms with van der Waals surface area (Å²) in [5.74, 6) is 0.424. The number of ether oxygens (including phenoxy) is 2. The van der Waals surface area contributed by atoms with Gasteiger partial charge in [-0.05, 0) is 78.5 Å². The van der Waals surface area contributed by atoms with E-state index in [9.17, 15) is 4.79 Å². The molecule has 0 radical (unpaired) electrons. The zero-order valence-electron chi connectivity index (χ0n) is 20.4. The minimum atomic E-state index is -0.942.